The Kier molecular flexibility index (Phi) is 6.99. The van der Waals surface area contributed by atoms with Crippen LogP contribution in [0.3, 0.4) is 0 Å². The molecule has 2 rings (SSSR count). The van der Waals surface area contributed by atoms with Crippen molar-refractivity contribution in [1.82, 2.24) is 5.32 Å². The molecule has 0 aliphatic heterocycles. The second kappa shape index (κ2) is 9.42. The van der Waals surface area contributed by atoms with Crippen molar-refractivity contribution in [2.75, 3.05) is 19.8 Å². The standard InChI is InChI=1S/C19H17F2NO5/c1-2-26-14-6-3-12(4-7-14)19(25)22-10-18(24)27-11-17(23)13-5-8-15(20)16(21)9-13/h3-9H,2,10-11H2,1H3,(H,22,25). The number of hydrogen-bond donors (Lipinski definition) is 1. The third-order valence-corrected chi connectivity index (χ3v) is 3.43. The molecule has 8 heteroatoms. The fourth-order valence-corrected chi connectivity index (χ4v) is 2.07. The third-order valence-electron chi connectivity index (χ3n) is 3.43. The van der Waals surface area contributed by atoms with E-state index in [9.17, 15) is 23.2 Å². The number of benzene rings is 2. The zero-order chi connectivity index (χ0) is 19.8. The van der Waals surface area contributed by atoms with Gasteiger partial charge in [0.05, 0.1) is 6.61 Å². The Balaban J connectivity index is 1.79. The van der Waals surface area contributed by atoms with Crippen molar-refractivity contribution in [1.29, 1.82) is 0 Å². The maximum Gasteiger partial charge on any atom is 0.325 e. The topological polar surface area (TPSA) is 81.7 Å². The predicted molar refractivity (Wildman–Crippen MR) is 91.6 cm³/mol. The summed E-state index contributed by atoms with van der Waals surface area (Å²) in [6.45, 7) is 1.24. The Bertz CT molecular complexity index is 836. The molecule has 0 saturated heterocycles. The van der Waals surface area contributed by atoms with E-state index in [1.54, 1.807) is 12.1 Å². The van der Waals surface area contributed by atoms with Crippen LogP contribution in [-0.2, 0) is 9.53 Å². The zero-order valence-electron chi connectivity index (χ0n) is 14.5. The molecule has 0 bridgehead atoms. The predicted octanol–water partition coefficient (Wildman–Crippen LogP) is 2.52. The summed E-state index contributed by atoms with van der Waals surface area (Å²) in [4.78, 5) is 35.4. The molecule has 0 saturated carbocycles. The van der Waals surface area contributed by atoms with Gasteiger partial charge in [0.25, 0.3) is 5.91 Å². The largest absolute Gasteiger partial charge is 0.494 e. The van der Waals surface area contributed by atoms with Crippen molar-refractivity contribution in [2.24, 2.45) is 0 Å². The van der Waals surface area contributed by atoms with Gasteiger partial charge in [-0.2, -0.15) is 0 Å². The lowest BCUT2D eigenvalue weighted by Crippen LogP contribution is -2.31. The number of carbonyl (C=O) groups excluding carboxylic acids is 3. The third kappa shape index (κ3) is 5.88. The number of rotatable bonds is 8. The van der Waals surface area contributed by atoms with Gasteiger partial charge in [-0.05, 0) is 49.4 Å². The van der Waals surface area contributed by atoms with E-state index in [0.717, 1.165) is 18.2 Å². The molecule has 2 aromatic carbocycles. The molecule has 0 atom stereocenters. The van der Waals surface area contributed by atoms with Gasteiger partial charge in [-0.3, -0.25) is 14.4 Å². The van der Waals surface area contributed by atoms with Crippen LogP contribution < -0.4 is 10.1 Å². The van der Waals surface area contributed by atoms with E-state index in [1.807, 2.05) is 6.92 Å². The first-order chi connectivity index (χ1) is 12.9. The lowest BCUT2D eigenvalue weighted by Gasteiger charge is -2.07. The minimum atomic E-state index is -1.17. The van der Waals surface area contributed by atoms with Crippen molar-refractivity contribution in [3.05, 3.63) is 65.2 Å². The highest BCUT2D eigenvalue weighted by atomic mass is 19.2. The van der Waals surface area contributed by atoms with Gasteiger partial charge in [0.1, 0.15) is 12.3 Å². The molecule has 0 unspecified atom stereocenters. The highest BCUT2D eigenvalue weighted by molar-refractivity contribution is 5.98. The normalized spacial score (nSPS) is 10.2. The number of nitrogens with one attached hydrogen (secondary N) is 1. The van der Waals surface area contributed by atoms with Crippen molar-refractivity contribution in [2.45, 2.75) is 6.92 Å². The lowest BCUT2D eigenvalue weighted by molar-refractivity contribution is -0.141. The van der Waals surface area contributed by atoms with E-state index in [0.29, 0.717) is 17.9 Å². The molecular weight excluding hydrogens is 360 g/mol. The first-order valence-electron chi connectivity index (χ1n) is 8.05. The molecule has 2 aromatic rings. The fourth-order valence-electron chi connectivity index (χ4n) is 2.07. The molecule has 0 aliphatic carbocycles. The summed E-state index contributed by atoms with van der Waals surface area (Å²) in [5, 5.41) is 2.36. The Hall–Kier alpha value is -3.29. The second-order valence-corrected chi connectivity index (χ2v) is 5.35. The van der Waals surface area contributed by atoms with Crippen LogP contribution in [0.1, 0.15) is 27.6 Å². The minimum absolute atomic E-state index is 0.125. The van der Waals surface area contributed by atoms with Crippen LogP contribution in [0.15, 0.2) is 42.5 Å². The quantitative estimate of drug-likeness (QED) is 0.565. The van der Waals surface area contributed by atoms with Crippen molar-refractivity contribution in [3.63, 3.8) is 0 Å². The van der Waals surface area contributed by atoms with Crippen molar-refractivity contribution in [3.8, 4) is 5.75 Å². The molecule has 6 nitrogen and oxygen atoms in total. The van der Waals surface area contributed by atoms with Crippen LogP contribution in [-0.4, -0.2) is 37.4 Å². The molecule has 0 heterocycles. The van der Waals surface area contributed by atoms with Crippen LogP contribution in [0.2, 0.25) is 0 Å². The van der Waals surface area contributed by atoms with E-state index >= 15 is 0 Å². The molecule has 0 fully saturated rings. The Morgan fingerprint density at radius 3 is 2.26 bits per heavy atom. The van der Waals surface area contributed by atoms with Crippen LogP contribution >= 0.6 is 0 Å². The maximum absolute atomic E-state index is 13.1. The van der Waals surface area contributed by atoms with Gasteiger partial charge >= 0.3 is 5.97 Å². The van der Waals surface area contributed by atoms with E-state index in [4.69, 9.17) is 9.47 Å². The van der Waals surface area contributed by atoms with Crippen LogP contribution in [0.25, 0.3) is 0 Å². The van der Waals surface area contributed by atoms with Gasteiger partial charge in [-0.25, -0.2) is 8.78 Å². The second-order valence-electron chi connectivity index (χ2n) is 5.35. The molecule has 0 aliphatic rings. The van der Waals surface area contributed by atoms with E-state index in [1.165, 1.54) is 12.1 Å². The molecule has 0 radical (unpaired) electrons. The number of esters is 1. The van der Waals surface area contributed by atoms with E-state index in [-0.39, 0.29) is 5.56 Å². The first-order valence-corrected chi connectivity index (χ1v) is 8.05. The SMILES string of the molecule is CCOc1ccc(C(=O)NCC(=O)OCC(=O)c2ccc(F)c(F)c2)cc1. The monoisotopic (exact) mass is 377 g/mol. The number of ether oxygens (including phenoxy) is 2. The average molecular weight is 377 g/mol. The number of hydrogen-bond acceptors (Lipinski definition) is 5. The molecule has 1 amide bonds. The zero-order valence-corrected chi connectivity index (χ0v) is 14.5. The van der Waals surface area contributed by atoms with Gasteiger partial charge in [0, 0.05) is 11.1 Å². The van der Waals surface area contributed by atoms with Gasteiger partial charge in [0.15, 0.2) is 24.0 Å². The molecule has 0 spiro atoms. The summed E-state index contributed by atoms with van der Waals surface area (Å²) in [6, 6.07) is 8.94. The summed E-state index contributed by atoms with van der Waals surface area (Å²) in [7, 11) is 0. The number of Topliss-reactive ketones (excluding diaryl/α,β-unsaturated/α-hetero) is 1. The minimum Gasteiger partial charge on any atom is -0.494 e. The highest BCUT2D eigenvalue weighted by Gasteiger charge is 2.14. The molecule has 142 valence electrons. The van der Waals surface area contributed by atoms with Gasteiger partial charge in [0.2, 0.25) is 0 Å². The highest BCUT2D eigenvalue weighted by Crippen LogP contribution is 2.12. The summed E-state index contributed by atoms with van der Waals surface area (Å²) in [6.07, 6.45) is 0. The van der Waals surface area contributed by atoms with Crippen LogP contribution in [0.4, 0.5) is 8.78 Å². The number of halogens is 2. The maximum atomic E-state index is 13.1. The molecule has 0 aromatic heterocycles. The number of ketones is 1. The lowest BCUT2D eigenvalue weighted by atomic mass is 10.1. The smallest absolute Gasteiger partial charge is 0.325 e. The Morgan fingerprint density at radius 2 is 1.63 bits per heavy atom. The Morgan fingerprint density at radius 1 is 0.963 bits per heavy atom. The fraction of sp³-hybridized carbons (Fsp3) is 0.211. The molecule has 27 heavy (non-hydrogen) atoms. The van der Waals surface area contributed by atoms with Crippen LogP contribution in [0.5, 0.6) is 5.75 Å². The summed E-state index contributed by atoms with van der Waals surface area (Å²) in [5.41, 5.74) is 0.198. The van der Waals surface area contributed by atoms with Crippen LogP contribution in [0, 0.1) is 11.6 Å². The first kappa shape index (κ1) is 20.0. The molecule has 1 N–H and O–H groups in total. The van der Waals surface area contributed by atoms with Gasteiger partial charge in [-0.15, -0.1) is 0 Å². The van der Waals surface area contributed by atoms with E-state index in [2.05, 4.69) is 5.32 Å². The molecular formula is C19H17F2NO5. The summed E-state index contributed by atoms with van der Waals surface area (Å²) >= 11 is 0. The van der Waals surface area contributed by atoms with Gasteiger partial charge in [-0.1, -0.05) is 0 Å². The van der Waals surface area contributed by atoms with Crippen molar-refractivity contribution < 1.29 is 32.6 Å². The van der Waals surface area contributed by atoms with Gasteiger partial charge < -0.3 is 14.8 Å². The Labute approximate surface area is 154 Å². The number of amides is 1. The summed E-state index contributed by atoms with van der Waals surface area (Å²) in [5.74, 6) is -3.67. The average Bonchev–Trinajstić information content (AvgIpc) is 2.67. The van der Waals surface area contributed by atoms with E-state index < -0.39 is 42.4 Å². The summed E-state index contributed by atoms with van der Waals surface area (Å²) < 4.78 is 35.9. The van der Waals surface area contributed by atoms with Crippen molar-refractivity contribution >= 4 is 17.7 Å². The number of carbonyl (C=O) groups is 3.